The van der Waals surface area contributed by atoms with Crippen LogP contribution in [0.1, 0.15) is 10.9 Å². The SMILES string of the molecule is COc1ccc(OC)c([C@H]2SCC(=O)N2CC(=O)NCCN(C)C)c1. The summed E-state index contributed by atoms with van der Waals surface area (Å²) in [6, 6.07) is 5.47. The minimum Gasteiger partial charge on any atom is -0.497 e. The molecule has 0 aliphatic carbocycles. The second-order valence-electron chi connectivity index (χ2n) is 5.95. The van der Waals surface area contributed by atoms with E-state index >= 15 is 0 Å². The van der Waals surface area contributed by atoms with Gasteiger partial charge in [-0.05, 0) is 32.3 Å². The van der Waals surface area contributed by atoms with Crippen molar-refractivity contribution in [2.24, 2.45) is 0 Å². The van der Waals surface area contributed by atoms with Crippen LogP contribution in [0.3, 0.4) is 0 Å². The molecule has 1 heterocycles. The van der Waals surface area contributed by atoms with E-state index in [1.165, 1.54) is 11.8 Å². The first-order valence-electron chi connectivity index (χ1n) is 8.00. The van der Waals surface area contributed by atoms with E-state index in [1.807, 2.05) is 37.2 Å². The van der Waals surface area contributed by atoms with Gasteiger partial charge in [-0.25, -0.2) is 0 Å². The molecule has 1 atom stereocenters. The average Bonchev–Trinajstić information content (AvgIpc) is 2.94. The van der Waals surface area contributed by atoms with Crippen LogP contribution in [0.2, 0.25) is 0 Å². The Balaban J connectivity index is 2.12. The molecule has 0 saturated carbocycles. The molecule has 0 radical (unpaired) electrons. The Morgan fingerprint density at radius 3 is 2.76 bits per heavy atom. The van der Waals surface area contributed by atoms with Crippen LogP contribution in [0, 0.1) is 0 Å². The topological polar surface area (TPSA) is 71.1 Å². The highest BCUT2D eigenvalue weighted by molar-refractivity contribution is 8.00. The number of nitrogens with one attached hydrogen (secondary N) is 1. The number of methoxy groups -OCH3 is 2. The molecule has 0 aromatic heterocycles. The van der Waals surface area contributed by atoms with Gasteiger partial charge in [0.1, 0.15) is 23.4 Å². The van der Waals surface area contributed by atoms with Gasteiger partial charge in [0.15, 0.2) is 0 Å². The van der Waals surface area contributed by atoms with Gasteiger partial charge >= 0.3 is 0 Å². The lowest BCUT2D eigenvalue weighted by atomic mass is 10.1. The molecule has 1 aromatic carbocycles. The zero-order valence-corrected chi connectivity index (χ0v) is 15.9. The van der Waals surface area contributed by atoms with Gasteiger partial charge in [0.2, 0.25) is 11.8 Å². The van der Waals surface area contributed by atoms with E-state index in [1.54, 1.807) is 19.1 Å². The van der Waals surface area contributed by atoms with Gasteiger partial charge in [-0.3, -0.25) is 9.59 Å². The third-order valence-corrected chi connectivity index (χ3v) is 5.10. The summed E-state index contributed by atoms with van der Waals surface area (Å²) in [5.41, 5.74) is 0.832. The predicted octanol–water partition coefficient (Wildman–Crippen LogP) is 0.956. The fourth-order valence-corrected chi connectivity index (χ4v) is 3.75. The van der Waals surface area contributed by atoms with Crippen molar-refractivity contribution in [3.8, 4) is 11.5 Å². The molecule has 1 aliphatic heterocycles. The molecule has 7 nitrogen and oxygen atoms in total. The number of thioether (sulfide) groups is 1. The summed E-state index contributed by atoms with van der Waals surface area (Å²) in [4.78, 5) is 28.0. The van der Waals surface area contributed by atoms with Gasteiger partial charge in [-0.2, -0.15) is 0 Å². The first-order chi connectivity index (χ1) is 12.0. The van der Waals surface area contributed by atoms with Crippen molar-refractivity contribution in [3.05, 3.63) is 23.8 Å². The van der Waals surface area contributed by atoms with Crippen LogP contribution in [-0.2, 0) is 9.59 Å². The third-order valence-electron chi connectivity index (χ3n) is 3.87. The number of ether oxygens (including phenoxy) is 2. The molecular formula is C17H25N3O4S. The Bertz CT molecular complexity index is 624. The zero-order valence-electron chi connectivity index (χ0n) is 15.1. The fourth-order valence-electron chi connectivity index (χ4n) is 2.54. The van der Waals surface area contributed by atoms with Gasteiger partial charge in [-0.15, -0.1) is 11.8 Å². The molecule has 1 aliphatic rings. The molecule has 1 fully saturated rings. The second kappa shape index (κ2) is 8.96. The van der Waals surface area contributed by atoms with E-state index in [9.17, 15) is 9.59 Å². The minimum atomic E-state index is -0.267. The summed E-state index contributed by atoms with van der Waals surface area (Å²) < 4.78 is 10.7. The molecular weight excluding hydrogens is 342 g/mol. The molecule has 1 saturated heterocycles. The Morgan fingerprint density at radius 2 is 2.12 bits per heavy atom. The number of benzene rings is 1. The highest BCUT2D eigenvalue weighted by Crippen LogP contribution is 2.43. The van der Waals surface area contributed by atoms with Gasteiger partial charge in [-0.1, -0.05) is 0 Å². The number of hydrogen-bond donors (Lipinski definition) is 1. The summed E-state index contributed by atoms with van der Waals surface area (Å²) in [5, 5.41) is 2.58. The highest BCUT2D eigenvalue weighted by Gasteiger charge is 2.35. The third kappa shape index (κ3) is 5.02. The van der Waals surface area contributed by atoms with Crippen LogP contribution in [-0.4, -0.2) is 75.3 Å². The number of likely N-dealkylation sites (N-methyl/N-ethyl adjacent to an activating group) is 1. The smallest absolute Gasteiger partial charge is 0.239 e. The number of nitrogens with zero attached hydrogens (tertiary/aromatic N) is 2. The van der Waals surface area contributed by atoms with Crippen LogP contribution in [0.15, 0.2) is 18.2 Å². The van der Waals surface area contributed by atoms with E-state index in [-0.39, 0.29) is 23.7 Å². The molecule has 25 heavy (non-hydrogen) atoms. The number of hydrogen-bond acceptors (Lipinski definition) is 6. The van der Waals surface area contributed by atoms with E-state index in [0.29, 0.717) is 23.8 Å². The van der Waals surface area contributed by atoms with Crippen LogP contribution in [0.4, 0.5) is 0 Å². The van der Waals surface area contributed by atoms with Crippen molar-refractivity contribution in [2.45, 2.75) is 5.37 Å². The molecule has 2 amide bonds. The van der Waals surface area contributed by atoms with Crippen molar-refractivity contribution >= 4 is 23.6 Å². The van der Waals surface area contributed by atoms with Gasteiger partial charge < -0.3 is 24.6 Å². The maximum atomic E-state index is 12.3. The summed E-state index contributed by atoms with van der Waals surface area (Å²) in [6.07, 6.45) is 0. The summed E-state index contributed by atoms with van der Waals surface area (Å²) in [7, 11) is 7.06. The van der Waals surface area contributed by atoms with Gasteiger partial charge in [0.25, 0.3) is 0 Å². The molecule has 1 aromatic rings. The van der Waals surface area contributed by atoms with Crippen LogP contribution >= 0.6 is 11.8 Å². The quantitative estimate of drug-likeness (QED) is 0.738. The van der Waals surface area contributed by atoms with Crippen molar-refractivity contribution in [1.82, 2.24) is 15.1 Å². The van der Waals surface area contributed by atoms with E-state index in [2.05, 4.69) is 5.32 Å². The van der Waals surface area contributed by atoms with E-state index in [0.717, 1.165) is 12.1 Å². The van der Waals surface area contributed by atoms with Crippen molar-refractivity contribution < 1.29 is 19.1 Å². The van der Waals surface area contributed by atoms with Crippen LogP contribution in [0.5, 0.6) is 11.5 Å². The van der Waals surface area contributed by atoms with E-state index in [4.69, 9.17) is 9.47 Å². The number of carbonyl (C=O) groups is 2. The summed E-state index contributed by atoms with van der Waals surface area (Å²) in [6.45, 7) is 1.33. The average molecular weight is 367 g/mol. The maximum absolute atomic E-state index is 12.3. The largest absolute Gasteiger partial charge is 0.497 e. The van der Waals surface area contributed by atoms with Crippen LogP contribution < -0.4 is 14.8 Å². The Morgan fingerprint density at radius 1 is 1.36 bits per heavy atom. The number of rotatable bonds is 8. The van der Waals surface area contributed by atoms with Gasteiger partial charge in [0.05, 0.1) is 20.0 Å². The first-order valence-corrected chi connectivity index (χ1v) is 9.05. The van der Waals surface area contributed by atoms with Crippen LogP contribution in [0.25, 0.3) is 0 Å². The Labute approximate surface area is 152 Å². The standard InChI is InChI=1S/C17H25N3O4S/c1-19(2)8-7-18-15(21)10-20-16(22)11-25-17(20)13-9-12(23-3)5-6-14(13)24-4/h5-6,9,17H,7-8,10-11H2,1-4H3,(H,18,21)/t17-/m1/s1. The molecule has 138 valence electrons. The van der Waals surface area contributed by atoms with E-state index < -0.39 is 0 Å². The highest BCUT2D eigenvalue weighted by atomic mass is 32.2. The van der Waals surface area contributed by atoms with Crippen molar-refractivity contribution in [2.75, 3.05) is 53.7 Å². The van der Waals surface area contributed by atoms with Crippen molar-refractivity contribution in [1.29, 1.82) is 0 Å². The maximum Gasteiger partial charge on any atom is 0.239 e. The monoisotopic (exact) mass is 367 g/mol. The molecule has 0 unspecified atom stereocenters. The predicted molar refractivity (Wildman–Crippen MR) is 98.0 cm³/mol. The summed E-state index contributed by atoms with van der Waals surface area (Å²) >= 11 is 1.48. The van der Waals surface area contributed by atoms with Crippen molar-refractivity contribution in [3.63, 3.8) is 0 Å². The Hall–Kier alpha value is -1.93. The lowest BCUT2D eigenvalue weighted by Crippen LogP contribution is -2.41. The molecule has 8 heteroatoms. The first kappa shape index (κ1) is 19.4. The summed E-state index contributed by atoms with van der Waals surface area (Å²) in [5.74, 6) is 1.49. The normalized spacial score (nSPS) is 17.1. The molecule has 0 bridgehead atoms. The molecule has 1 N–H and O–H groups in total. The lowest BCUT2D eigenvalue weighted by Gasteiger charge is -2.25. The molecule has 2 rings (SSSR count). The number of amides is 2. The molecule has 0 spiro atoms. The fraction of sp³-hybridized carbons (Fsp3) is 0.529. The zero-order chi connectivity index (χ0) is 18.4. The lowest BCUT2D eigenvalue weighted by molar-refractivity contribution is -0.133. The van der Waals surface area contributed by atoms with Gasteiger partial charge in [0, 0.05) is 18.7 Å². The second-order valence-corrected chi connectivity index (χ2v) is 7.01. The number of carbonyl (C=O) groups excluding carboxylic acids is 2. The Kier molecular flexibility index (Phi) is 6.95. The minimum absolute atomic E-state index is 0.0320.